The maximum absolute atomic E-state index is 13.1. The standard InChI is InChI=1S/C23H28Cl2N2O2S/c1-16(2)12-26-23(29)17(3)27(13-18-7-6-9-20(24)11-18)22(28)15-30-14-19-8-4-5-10-21(19)25/h4-11,16-17H,12-15H2,1-3H3,(H,26,29)/t17-/m1/s1. The zero-order valence-corrected chi connectivity index (χ0v) is 19.9. The largest absolute Gasteiger partial charge is 0.354 e. The van der Waals surface area contributed by atoms with Gasteiger partial charge in [-0.1, -0.05) is 67.4 Å². The molecule has 2 aromatic rings. The molecule has 0 aliphatic heterocycles. The molecule has 0 spiro atoms. The average molecular weight is 467 g/mol. The van der Waals surface area contributed by atoms with Crippen molar-refractivity contribution in [2.75, 3.05) is 12.3 Å². The highest BCUT2D eigenvalue weighted by Gasteiger charge is 2.26. The van der Waals surface area contributed by atoms with Gasteiger partial charge in [0.05, 0.1) is 5.75 Å². The van der Waals surface area contributed by atoms with E-state index in [4.69, 9.17) is 23.2 Å². The van der Waals surface area contributed by atoms with E-state index in [9.17, 15) is 9.59 Å². The molecule has 0 saturated heterocycles. The van der Waals surface area contributed by atoms with Gasteiger partial charge in [0.15, 0.2) is 0 Å². The van der Waals surface area contributed by atoms with Crippen LogP contribution in [-0.2, 0) is 21.9 Å². The third-order valence-corrected chi connectivity index (χ3v) is 6.10. The van der Waals surface area contributed by atoms with Crippen molar-refractivity contribution in [3.63, 3.8) is 0 Å². The second-order valence-electron chi connectivity index (χ2n) is 7.55. The number of rotatable bonds is 10. The van der Waals surface area contributed by atoms with Crippen molar-refractivity contribution in [3.8, 4) is 0 Å². The summed E-state index contributed by atoms with van der Waals surface area (Å²) in [4.78, 5) is 27.3. The summed E-state index contributed by atoms with van der Waals surface area (Å²) in [5.74, 6) is 0.969. The van der Waals surface area contributed by atoms with E-state index in [-0.39, 0.29) is 17.6 Å². The third kappa shape index (κ3) is 7.86. The van der Waals surface area contributed by atoms with Gasteiger partial charge in [-0.3, -0.25) is 9.59 Å². The fourth-order valence-corrected chi connectivity index (χ4v) is 4.22. The quantitative estimate of drug-likeness (QED) is 0.508. The molecule has 30 heavy (non-hydrogen) atoms. The van der Waals surface area contributed by atoms with Crippen molar-refractivity contribution < 1.29 is 9.59 Å². The Bertz CT molecular complexity index is 861. The van der Waals surface area contributed by atoms with Crippen LogP contribution in [0.25, 0.3) is 0 Å². The minimum Gasteiger partial charge on any atom is -0.354 e. The van der Waals surface area contributed by atoms with Crippen LogP contribution < -0.4 is 5.32 Å². The molecule has 0 radical (unpaired) electrons. The van der Waals surface area contributed by atoms with E-state index in [0.717, 1.165) is 11.1 Å². The van der Waals surface area contributed by atoms with Gasteiger partial charge in [0, 0.05) is 28.9 Å². The molecule has 7 heteroatoms. The number of nitrogens with zero attached hydrogens (tertiary/aromatic N) is 1. The molecule has 2 amide bonds. The van der Waals surface area contributed by atoms with Crippen molar-refractivity contribution in [2.45, 2.75) is 39.1 Å². The molecule has 2 rings (SSSR count). The number of carbonyl (C=O) groups is 2. The van der Waals surface area contributed by atoms with Crippen molar-refractivity contribution >= 4 is 46.8 Å². The van der Waals surface area contributed by atoms with Gasteiger partial charge in [0.1, 0.15) is 6.04 Å². The predicted molar refractivity (Wildman–Crippen MR) is 127 cm³/mol. The zero-order chi connectivity index (χ0) is 22.1. The maximum atomic E-state index is 13.1. The lowest BCUT2D eigenvalue weighted by atomic mass is 10.1. The average Bonchev–Trinajstić information content (AvgIpc) is 2.71. The Morgan fingerprint density at radius 1 is 1.07 bits per heavy atom. The first kappa shape index (κ1) is 24.6. The first-order valence-corrected chi connectivity index (χ1v) is 11.8. The summed E-state index contributed by atoms with van der Waals surface area (Å²) in [6, 6.07) is 14.4. The molecule has 0 unspecified atom stereocenters. The van der Waals surface area contributed by atoms with Crippen molar-refractivity contribution in [1.29, 1.82) is 0 Å². The Hall–Kier alpha value is -1.69. The van der Waals surface area contributed by atoms with Crippen molar-refractivity contribution in [1.82, 2.24) is 10.2 Å². The Labute approximate surface area is 193 Å². The zero-order valence-electron chi connectivity index (χ0n) is 17.5. The van der Waals surface area contributed by atoms with Gasteiger partial charge in [-0.2, -0.15) is 0 Å². The summed E-state index contributed by atoms with van der Waals surface area (Å²) in [6.07, 6.45) is 0. The van der Waals surface area contributed by atoms with Gasteiger partial charge in [-0.05, 0) is 42.2 Å². The van der Waals surface area contributed by atoms with Crippen LogP contribution in [0.5, 0.6) is 0 Å². The first-order chi connectivity index (χ1) is 14.3. The van der Waals surface area contributed by atoms with E-state index < -0.39 is 6.04 Å². The fraction of sp³-hybridized carbons (Fsp3) is 0.391. The fourth-order valence-electron chi connectivity index (χ4n) is 2.81. The van der Waals surface area contributed by atoms with E-state index >= 15 is 0 Å². The second-order valence-corrected chi connectivity index (χ2v) is 9.38. The number of hydrogen-bond donors (Lipinski definition) is 1. The summed E-state index contributed by atoms with van der Waals surface area (Å²) < 4.78 is 0. The molecule has 2 aromatic carbocycles. The van der Waals surface area contributed by atoms with Gasteiger partial charge in [0.25, 0.3) is 0 Å². The number of halogens is 2. The van der Waals surface area contributed by atoms with E-state index in [0.29, 0.717) is 34.8 Å². The van der Waals surface area contributed by atoms with Crippen LogP contribution in [0.1, 0.15) is 31.9 Å². The number of hydrogen-bond acceptors (Lipinski definition) is 3. The topological polar surface area (TPSA) is 49.4 Å². The first-order valence-electron chi connectivity index (χ1n) is 9.90. The normalized spacial score (nSPS) is 11.9. The Kier molecular flexibility index (Phi) is 10.0. The highest BCUT2D eigenvalue weighted by molar-refractivity contribution is 7.99. The van der Waals surface area contributed by atoms with Gasteiger partial charge in [0.2, 0.25) is 11.8 Å². The summed E-state index contributed by atoms with van der Waals surface area (Å²) >= 11 is 13.8. The smallest absolute Gasteiger partial charge is 0.242 e. The molecule has 0 aliphatic carbocycles. The van der Waals surface area contributed by atoms with E-state index in [1.54, 1.807) is 17.9 Å². The van der Waals surface area contributed by atoms with Gasteiger partial charge >= 0.3 is 0 Å². The molecule has 0 heterocycles. The lowest BCUT2D eigenvalue weighted by molar-refractivity contribution is -0.138. The molecule has 4 nitrogen and oxygen atoms in total. The summed E-state index contributed by atoms with van der Waals surface area (Å²) in [5, 5.41) is 4.21. The Balaban J connectivity index is 2.07. The molecule has 0 aromatic heterocycles. The van der Waals surface area contributed by atoms with Gasteiger partial charge in [-0.25, -0.2) is 0 Å². The summed E-state index contributed by atoms with van der Waals surface area (Å²) in [7, 11) is 0. The molecule has 0 fully saturated rings. The van der Waals surface area contributed by atoms with Crippen molar-refractivity contribution in [3.05, 3.63) is 69.7 Å². The Morgan fingerprint density at radius 3 is 2.47 bits per heavy atom. The molecule has 162 valence electrons. The number of amides is 2. The highest BCUT2D eigenvalue weighted by Crippen LogP contribution is 2.22. The van der Waals surface area contributed by atoms with Crippen LogP contribution in [0.15, 0.2) is 48.5 Å². The lowest BCUT2D eigenvalue weighted by Crippen LogP contribution is -2.48. The van der Waals surface area contributed by atoms with Crippen LogP contribution >= 0.6 is 35.0 Å². The minimum absolute atomic E-state index is 0.0979. The van der Waals surface area contributed by atoms with E-state index in [2.05, 4.69) is 5.32 Å². The van der Waals surface area contributed by atoms with E-state index in [1.165, 1.54) is 11.8 Å². The van der Waals surface area contributed by atoms with Crippen molar-refractivity contribution in [2.24, 2.45) is 5.92 Å². The molecular formula is C23H28Cl2N2O2S. The van der Waals surface area contributed by atoms with Gasteiger partial charge < -0.3 is 10.2 Å². The molecule has 1 N–H and O–H groups in total. The maximum Gasteiger partial charge on any atom is 0.242 e. The number of carbonyl (C=O) groups excluding carboxylic acids is 2. The minimum atomic E-state index is -0.587. The second kappa shape index (κ2) is 12.2. The van der Waals surface area contributed by atoms with Crippen LogP contribution in [0.4, 0.5) is 0 Å². The van der Waals surface area contributed by atoms with Crippen LogP contribution in [0.3, 0.4) is 0 Å². The molecular weight excluding hydrogens is 439 g/mol. The summed E-state index contributed by atoms with van der Waals surface area (Å²) in [5.41, 5.74) is 1.87. The Morgan fingerprint density at radius 2 is 1.80 bits per heavy atom. The lowest BCUT2D eigenvalue weighted by Gasteiger charge is -2.29. The highest BCUT2D eigenvalue weighted by atomic mass is 35.5. The molecule has 0 aliphatic rings. The molecule has 0 bridgehead atoms. The molecule has 1 atom stereocenters. The van der Waals surface area contributed by atoms with Crippen LogP contribution in [0.2, 0.25) is 10.0 Å². The van der Waals surface area contributed by atoms with Gasteiger partial charge in [-0.15, -0.1) is 11.8 Å². The van der Waals surface area contributed by atoms with E-state index in [1.807, 2.05) is 56.3 Å². The number of nitrogens with one attached hydrogen (secondary N) is 1. The summed E-state index contributed by atoms with van der Waals surface area (Å²) in [6.45, 7) is 6.72. The SMILES string of the molecule is CC(C)CNC(=O)[C@@H](C)N(Cc1cccc(Cl)c1)C(=O)CSCc1ccccc1Cl. The molecule has 0 saturated carbocycles. The van der Waals surface area contributed by atoms with Crippen LogP contribution in [-0.4, -0.2) is 35.1 Å². The monoisotopic (exact) mass is 466 g/mol. The number of thioether (sulfide) groups is 1. The third-order valence-electron chi connectivity index (χ3n) is 4.53. The number of benzene rings is 2. The predicted octanol–water partition coefficient (Wildman–Crippen LogP) is 5.42. The van der Waals surface area contributed by atoms with Crippen LogP contribution in [0, 0.1) is 5.92 Å².